The molecule has 0 spiro atoms. The van der Waals surface area contributed by atoms with Crippen molar-refractivity contribution in [3.8, 4) is 0 Å². The fraction of sp³-hybridized carbons (Fsp3) is 0.327. The number of ether oxygens (including phenoxy) is 5. The molecule has 92 heavy (non-hydrogen) atoms. The van der Waals surface area contributed by atoms with Crippen molar-refractivity contribution in [3.05, 3.63) is 188 Å². The van der Waals surface area contributed by atoms with Crippen molar-refractivity contribution in [2.45, 2.75) is 86.8 Å². The molecule has 0 saturated carbocycles. The molecule has 10 N–H and O–H groups in total. The van der Waals surface area contributed by atoms with Gasteiger partial charge in [-0.25, -0.2) is 24.0 Å². The van der Waals surface area contributed by atoms with Crippen molar-refractivity contribution in [1.29, 1.82) is 1.28 Å². The molecular weight excluding hydrogens is 1240 g/mol. The van der Waals surface area contributed by atoms with E-state index in [2.05, 4.69) is 86.3 Å². The van der Waals surface area contributed by atoms with E-state index in [-0.39, 0.29) is 68.1 Å². The van der Waals surface area contributed by atoms with Crippen molar-refractivity contribution < 1.29 is 100 Å². The highest BCUT2D eigenvalue weighted by Crippen LogP contribution is 2.03. The van der Waals surface area contributed by atoms with E-state index in [1.165, 1.54) is 65.1 Å². The van der Waals surface area contributed by atoms with Crippen LogP contribution < -0.4 is 0 Å². The van der Waals surface area contributed by atoms with Crippen molar-refractivity contribution in [2.24, 2.45) is 0 Å². The zero-order chi connectivity index (χ0) is 71.1. The molecule has 0 aliphatic rings. The van der Waals surface area contributed by atoms with Crippen molar-refractivity contribution in [1.82, 2.24) is 81.6 Å². The lowest BCUT2D eigenvalue weighted by atomic mass is 10.3. The van der Waals surface area contributed by atoms with Gasteiger partial charge in [-0.15, -0.1) is 25.5 Å². The van der Waals surface area contributed by atoms with Gasteiger partial charge in [-0.05, 0) is 103 Å². The highest BCUT2D eigenvalue weighted by atomic mass is 31.0. The molecule has 8 aromatic rings. The van der Waals surface area contributed by atoms with Crippen LogP contribution in [0.25, 0.3) is 0 Å². The molecule has 8 heterocycles. The lowest BCUT2D eigenvalue weighted by Crippen LogP contribution is -2.06. The zero-order valence-electron chi connectivity index (χ0n) is 52.8. The molecule has 498 valence electrons. The van der Waals surface area contributed by atoms with Crippen LogP contribution in [0.4, 0.5) is 0 Å². The number of aliphatic hydroxyl groups excluding tert-OH is 6. The lowest BCUT2D eigenvalue weighted by molar-refractivity contribution is 0.0589. The number of aryl methyl sites for hydroxylation is 1. The number of carbonyl (C=O) groups is 5. The Labute approximate surface area is 531 Å². The summed E-state index contributed by atoms with van der Waals surface area (Å²) < 4.78 is 35.1. The molecular formula is C55H73N16O20P. The predicted octanol–water partition coefficient (Wildman–Crippen LogP) is 1.19. The summed E-state index contributed by atoms with van der Waals surface area (Å²) in [6.07, 6.45) is 0.814. The summed E-state index contributed by atoms with van der Waals surface area (Å²) >= 11 is 0. The van der Waals surface area contributed by atoms with Gasteiger partial charge in [-0.1, -0.05) is 14.3 Å². The SMILES string of the molecule is CCc1ccc(C(=O)OC)nn1.COCc1ccc(C(=O)O)nn1.COCc1ccc(C(=O)O)nn1.COCc1ccc(CO)nn1.COCc1ccc(CO)nn1.O=C(O)c1ccc(CO)nn1.O=C(O)c1ccc(CO)nn1.OCc1ccc(CO)nn1.[2H]C.[2H]P. The number of carboxylic acid groups (broad SMARTS) is 4. The van der Waals surface area contributed by atoms with Gasteiger partial charge in [0.05, 0.1) is 137 Å². The third-order valence-electron chi connectivity index (χ3n) is 9.70. The smallest absolute Gasteiger partial charge is 0.358 e. The third kappa shape index (κ3) is 35.9. The number of hydrogen-bond acceptors (Lipinski definition) is 32. The lowest BCUT2D eigenvalue weighted by Gasteiger charge is -1.97. The number of esters is 1. The van der Waals surface area contributed by atoms with Crippen molar-refractivity contribution in [2.75, 3.05) is 35.5 Å². The number of nitrogens with zero attached hydrogens (tertiary/aromatic N) is 16. The Hall–Kier alpha value is -9.98. The van der Waals surface area contributed by atoms with Gasteiger partial charge in [-0.3, -0.25) is 0 Å². The Balaban J connectivity index is 0. The summed E-state index contributed by atoms with van der Waals surface area (Å²) in [5, 5.41) is 143. The van der Waals surface area contributed by atoms with Gasteiger partial charge in [0.1, 0.15) is 0 Å². The molecule has 0 amide bonds. The number of aromatic nitrogens is 16. The van der Waals surface area contributed by atoms with E-state index in [0.29, 0.717) is 72.0 Å². The van der Waals surface area contributed by atoms with Gasteiger partial charge < -0.3 is 74.7 Å². The van der Waals surface area contributed by atoms with Crippen molar-refractivity contribution >= 4 is 39.7 Å². The molecule has 1 atom stereocenters. The topological polar surface area (TPSA) is 540 Å². The second kappa shape index (κ2) is 50.8. The van der Waals surface area contributed by atoms with Gasteiger partial charge in [-0.2, -0.15) is 65.9 Å². The van der Waals surface area contributed by atoms with Crippen LogP contribution in [0.15, 0.2) is 97.1 Å². The third-order valence-corrected chi connectivity index (χ3v) is 9.70. The summed E-state index contributed by atoms with van der Waals surface area (Å²) in [4.78, 5) is 52.0. The number of methoxy groups -OCH3 is 5. The molecule has 0 radical (unpaired) electrons. The summed E-state index contributed by atoms with van der Waals surface area (Å²) in [5.41, 5.74) is 6.39. The minimum absolute atomic E-state index is 0.0603. The Bertz CT molecular complexity index is 3090. The molecule has 0 saturated heterocycles. The first-order chi connectivity index (χ1) is 45.3. The van der Waals surface area contributed by atoms with Crippen LogP contribution >= 0.6 is 9.84 Å². The highest BCUT2D eigenvalue weighted by Gasteiger charge is 2.09. The Morgan fingerprint density at radius 3 is 0.652 bits per heavy atom. The van der Waals surface area contributed by atoms with Gasteiger partial charge in [0.15, 0.2) is 28.5 Å². The Morgan fingerprint density at radius 2 is 0.500 bits per heavy atom. The Morgan fingerprint density at radius 1 is 0.326 bits per heavy atom. The number of aliphatic hydroxyl groups is 6. The first-order valence-corrected chi connectivity index (χ1v) is 25.5. The van der Waals surface area contributed by atoms with Crippen LogP contribution in [0.5, 0.6) is 0 Å². The van der Waals surface area contributed by atoms with Gasteiger partial charge in [0.2, 0.25) is 0 Å². The molecule has 1 unspecified atom stereocenters. The minimum atomic E-state index is -1.12. The highest BCUT2D eigenvalue weighted by molar-refractivity contribution is 6.92. The molecule has 8 aromatic heterocycles. The standard InChI is InChI=1S/C8H10N2O2.2C7H8N2O3.2C7H10N2O2.2C6H6N2O3.C6H8N2O2.CH4.H3P/c1-3-6-4-5-7(10-9-6)8(11)12-2;2*1-12-4-5-2-3-6(7(10)11)9-8-5;2*1-11-5-7-3-2-6(4-10)8-9-7;2*9-3-4-1-2-5(6(10)11)8-7-4;9-3-5-1-2-6(4-10)8-7-5;;/h4-5H,3H2,1-2H3;2*2-3H,4H2,1H3,(H,10,11);2*2-3,10H,4-5H2,1H3;2*1-2,9H,3H2,(H,10,11);1-2,9-10H,3-4H2;1H4;1H3/i;;;;;;;;2*1D. The number of carbonyl (C=O) groups excluding carboxylic acids is 1. The van der Waals surface area contributed by atoms with Gasteiger partial charge >= 0.3 is 29.8 Å². The van der Waals surface area contributed by atoms with E-state index < -0.39 is 29.8 Å². The summed E-state index contributed by atoms with van der Waals surface area (Å²) in [5.74, 6) is -4.85. The maximum absolute atomic E-state index is 10.9. The number of hydrogen-bond donors (Lipinski definition) is 10. The molecule has 37 heteroatoms. The van der Waals surface area contributed by atoms with Crippen LogP contribution in [0, 0.1) is 0 Å². The maximum Gasteiger partial charge on any atom is 0.358 e. The quantitative estimate of drug-likeness (QED) is 0.0378. The van der Waals surface area contributed by atoms with Crippen LogP contribution in [0.1, 0.15) is 131 Å². The van der Waals surface area contributed by atoms with Crippen LogP contribution in [0.2, 0.25) is 0 Å². The molecule has 0 aromatic carbocycles. The number of rotatable bonds is 20. The molecule has 8 rings (SSSR count). The van der Waals surface area contributed by atoms with E-state index in [0.717, 1.165) is 23.5 Å². The van der Waals surface area contributed by atoms with Crippen LogP contribution in [0.3, 0.4) is 0 Å². The summed E-state index contributed by atoms with van der Waals surface area (Å²) in [6, 6.07) is 25.0. The second-order valence-corrected chi connectivity index (χ2v) is 16.3. The van der Waals surface area contributed by atoms with Gasteiger partial charge in [0, 0.05) is 29.8 Å². The van der Waals surface area contributed by atoms with E-state index >= 15 is 0 Å². The molecule has 0 aliphatic heterocycles. The van der Waals surface area contributed by atoms with E-state index in [1.54, 1.807) is 84.7 Å². The predicted molar refractivity (Wildman–Crippen MR) is 321 cm³/mol. The van der Waals surface area contributed by atoms with E-state index in [4.69, 9.17) is 72.7 Å². The molecule has 0 aliphatic carbocycles. The monoisotopic (exact) mass is 1310 g/mol. The van der Waals surface area contributed by atoms with E-state index in [9.17, 15) is 24.0 Å². The maximum atomic E-state index is 10.9. The van der Waals surface area contributed by atoms with Crippen molar-refractivity contribution in [3.63, 3.8) is 0 Å². The van der Waals surface area contributed by atoms with Crippen LogP contribution in [-0.2, 0) is 96.2 Å². The zero-order valence-corrected chi connectivity index (χ0v) is 52.0. The fourth-order valence-corrected chi connectivity index (χ4v) is 5.23. The Kier molecular flexibility index (Phi) is 44.2. The molecule has 0 fully saturated rings. The van der Waals surface area contributed by atoms with E-state index in [1.807, 2.05) is 6.92 Å². The summed E-state index contributed by atoms with van der Waals surface area (Å²) in [6.45, 7) is 2.75. The average Bonchev–Trinajstić information content (AvgIpc) is 3.83. The van der Waals surface area contributed by atoms with Gasteiger partial charge in [0.25, 0.3) is 0 Å². The largest absolute Gasteiger partial charge is 0.476 e. The minimum Gasteiger partial charge on any atom is -0.476 e. The fourth-order valence-electron chi connectivity index (χ4n) is 5.23. The second-order valence-electron chi connectivity index (χ2n) is 16.3. The molecule has 36 nitrogen and oxygen atoms in total. The van der Waals surface area contributed by atoms with Crippen LogP contribution in [-0.4, -0.2) is 199 Å². The normalized spacial score (nSPS) is 9.67. The average molecular weight is 1310 g/mol. The molecule has 0 bridgehead atoms. The first-order valence-electron chi connectivity index (χ1n) is 27.1. The number of aromatic carboxylic acids is 4. The summed E-state index contributed by atoms with van der Waals surface area (Å²) in [7, 11) is 10.5. The number of carboxylic acids is 4. The first kappa shape index (κ1) is 80.0.